The number of halogens is 2. The van der Waals surface area contributed by atoms with Crippen LogP contribution in [0.2, 0.25) is 0 Å². The van der Waals surface area contributed by atoms with Gasteiger partial charge in [0.2, 0.25) is 0 Å². The summed E-state index contributed by atoms with van der Waals surface area (Å²) in [6, 6.07) is 16.1. The zero-order valence-electron chi connectivity index (χ0n) is 12.1. The summed E-state index contributed by atoms with van der Waals surface area (Å²) in [6.07, 6.45) is 2.32. The smallest absolute Gasteiger partial charge is 0.0899 e. The molecule has 1 fully saturated rings. The third kappa shape index (κ3) is 3.34. The number of rotatable bonds is 2. The molecular formula is C18H18I2O2. The predicted octanol–water partition coefficient (Wildman–Crippen LogP) is 4.55. The van der Waals surface area contributed by atoms with Crippen LogP contribution in [0.4, 0.5) is 0 Å². The quantitative estimate of drug-likeness (QED) is 0.572. The molecule has 4 heteroatoms. The Morgan fingerprint density at radius 3 is 1.14 bits per heavy atom. The SMILES string of the molecule is OC1(c2ccc(I)cc2)CCC(O)(c2ccc(I)cc2)CC1. The first-order chi connectivity index (χ1) is 10.4. The molecule has 1 aliphatic carbocycles. The highest BCUT2D eigenvalue weighted by Crippen LogP contribution is 2.45. The van der Waals surface area contributed by atoms with Gasteiger partial charge in [-0.2, -0.15) is 0 Å². The van der Waals surface area contributed by atoms with E-state index in [0.29, 0.717) is 25.7 Å². The zero-order chi connectivity index (χ0) is 15.8. The lowest BCUT2D eigenvalue weighted by Crippen LogP contribution is -2.39. The standard InChI is InChI=1S/C18H18I2O2/c19-15-5-1-13(2-6-15)17(21)9-11-18(22,12-10-17)14-3-7-16(20)8-4-14/h1-8,21-22H,9-12H2. The van der Waals surface area contributed by atoms with Gasteiger partial charge in [-0.25, -0.2) is 0 Å². The maximum absolute atomic E-state index is 10.9. The van der Waals surface area contributed by atoms with E-state index < -0.39 is 11.2 Å². The number of benzene rings is 2. The maximum atomic E-state index is 10.9. The van der Waals surface area contributed by atoms with Crippen molar-refractivity contribution in [3.63, 3.8) is 0 Å². The maximum Gasteiger partial charge on any atom is 0.0899 e. The van der Waals surface area contributed by atoms with Gasteiger partial charge in [-0.3, -0.25) is 0 Å². The minimum atomic E-state index is -0.820. The van der Waals surface area contributed by atoms with Crippen LogP contribution in [0.3, 0.4) is 0 Å². The van der Waals surface area contributed by atoms with E-state index in [1.165, 1.54) is 0 Å². The van der Waals surface area contributed by atoms with Gasteiger partial charge >= 0.3 is 0 Å². The average Bonchev–Trinajstić information content (AvgIpc) is 2.52. The van der Waals surface area contributed by atoms with Crippen LogP contribution in [0, 0.1) is 7.14 Å². The van der Waals surface area contributed by atoms with E-state index in [1.807, 2.05) is 48.5 Å². The highest BCUT2D eigenvalue weighted by molar-refractivity contribution is 14.1. The fourth-order valence-corrected chi connectivity index (χ4v) is 3.89. The van der Waals surface area contributed by atoms with Crippen molar-refractivity contribution in [3.05, 3.63) is 66.8 Å². The van der Waals surface area contributed by atoms with Crippen LogP contribution >= 0.6 is 45.2 Å². The molecule has 2 N–H and O–H groups in total. The zero-order valence-corrected chi connectivity index (χ0v) is 16.4. The summed E-state index contributed by atoms with van der Waals surface area (Å²) in [5.74, 6) is 0. The molecule has 2 aromatic rings. The lowest BCUT2D eigenvalue weighted by Gasteiger charge is -2.41. The van der Waals surface area contributed by atoms with E-state index >= 15 is 0 Å². The molecule has 0 radical (unpaired) electrons. The van der Waals surface area contributed by atoms with Gasteiger partial charge in [0.25, 0.3) is 0 Å². The van der Waals surface area contributed by atoms with E-state index in [-0.39, 0.29) is 0 Å². The Labute approximate surface area is 158 Å². The number of hydrogen-bond acceptors (Lipinski definition) is 2. The van der Waals surface area contributed by atoms with Crippen molar-refractivity contribution >= 4 is 45.2 Å². The fourth-order valence-electron chi connectivity index (χ4n) is 3.17. The minimum absolute atomic E-state index is 0.579. The third-order valence-corrected chi connectivity index (χ3v) is 6.11. The first-order valence-electron chi connectivity index (χ1n) is 7.38. The van der Waals surface area contributed by atoms with Gasteiger partial charge in [-0.15, -0.1) is 0 Å². The molecule has 0 heterocycles. The molecule has 2 aromatic carbocycles. The summed E-state index contributed by atoms with van der Waals surface area (Å²) >= 11 is 4.53. The van der Waals surface area contributed by atoms with Gasteiger partial charge in [0, 0.05) is 7.14 Å². The molecule has 0 spiro atoms. The fraction of sp³-hybridized carbons (Fsp3) is 0.333. The van der Waals surface area contributed by atoms with Gasteiger partial charge in [0.05, 0.1) is 11.2 Å². The average molecular weight is 520 g/mol. The second kappa shape index (κ2) is 6.37. The first-order valence-corrected chi connectivity index (χ1v) is 9.54. The van der Waals surface area contributed by atoms with Crippen LogP contribution < -0.4 is 0 Å². The Morgan fingerprint density at radius 2 is 0.864 bits per heavy atom. The van der Waals surface area contributed by atoms with Crippen LogP contribution in [0.1, 0.15) is 36.8 Å². The van der Waals surface area contributed by atoms with Gasteiger partial charge in [-0.1, -0.05) is 24.3 Å². The predicted molar refractivity (Wildman–Crippen MR) is 105 cm³/mol. The van der Waals surface area contributed by atoms with Crippen LogP contribution in [-0.2, 0) is 11.2 Å². The van der Waals surface area contributed by atoms with E-state index in [2.05, 4.69) is 45.2 Å². The number of hydrogen-bond donors (Lipinski definition) is 2. The van der Waals surface area contributed by atoms with Crippen LogP contribution in [0.5, 0.6) is 0 Å². The number of aliphatic hydroxyl groups is 2. The Balaban J connectivity index is 1.79. The monoisotopic (exact) mass is 520 g/mol. The summed E-state index contributed by atoms with van der Waals surface area (Å²) < 4.78 is 2.33. The molecule has 0 aromatic heterocycles. The molecule has 1 aliphatic rings. The highest BCUT2D eigenvalue weighted by Gasteiger charge is 2.42. The first kappa shape index (κ1) is 16.7. The molecule has 1 saturated carbocycles. The molecular weight excluding hydrogens is 502 g/mol. The Hall–Kier alpha value is -0.180. The van der Waals surface area contributed by atoms with Crippen molar-refractivity contribution in [2.24, 2.45) is 0 Å². The Kier molecular flexibility index (Phi) is 4.83. The van der Waals surface area contributed by atoms with Crippen molar-refractivity contribution in [1.82, 2.24) is 0 Å². The van der Waals surface area contributed by atoms with Gasteiger partial charge in [-0.05, 0) is 106 Å². The Bertz CT molecular complexity index is 582. The van der Waals surface area contributed by atoms with E-state index in [4.69, 9.17) is 0 Å². The normalized spacial score (nSPS) is 28.5. The van der Waals surface area contributed by atoms with Gasteiger partial charge in [0.15, 0.2) is 0 Å². The van der Waals surface area contributed by atoms with Crippen molar-refractivity contribution in [2.75, 3.05) is 0 Å². The van der Waals surface area contributed by atoms with Gasteiger partial charge < -0.3 is 10.2 Å². The molecule has 0 bridgehead atoms. The molecule has 116 valence electrons. The summed E-state index contributed by atoms with van der Waals surface area (Å²) in [5, 5.41) is 21.9. The van der Waals surface area contributed by atoms with Crippen molar-refractivity contribution in [1.29, 1.82) is 0 Å². The molecule has 3 rings (SSSR count). The Morgan fingerprint density at radius 1 is 0.591 bits per heavy atom. The highest BCUT2D eigenvalue weighted by atomic mass is 127. The summed E-state index contributed by atoms with van der Waals surface area (Å²) in [7, 11) is 0. The van der Waals surface area contributed by atoms with E-state index in [1.54, 1.807) is 0 Å². The van der Waals surface area contributed by atoms with Crippen molar-refractivity contribution < 1.29 is 10.2 Å². The van der Waals surface area contributed by atoms with Crippen LogP contribution in [-0.4, -0.2) is 10.2 Å². The summed E-state index contributed by atoms with van der Waals surface area (Å²) in [6.45, 7) is 0. The molecule has 2 nitrogen and oxygen atoms in total. The van der Waals surface area contributed by atoms with Crippen LogP contribution in [0.15, 0.2) is 48.5 Å². The minimum Gasteiger partial charge on any atom is -0.385 e. The van der Waals surface area contributed by atoms with Crippen LogP contribution in [0.25, 0.3) is 0 Å². The van der Waals surface area contributed by atoms with Crippen molar-refractivity contribution in [3.8, 4) is 0 Å². The topological polar surface area (TPSA) is 40.5 Å². The molecule has 0 unspecified atom stereocenters. The lowest BCUT2D eigenvalue weighted by molar-refractivity contribution is -0.0883. The largest absolute Gasteiger partial charge is 0.385 e. The third-order valence-electron chi connectivity index (χ3n) is 4.67. The second-order valence-corrected chi connectivity index (χ2v) is 8.57. The summed E-state index contributed by atoms with van der Waals surface area (Å²) in [5.41, 5.74) is 0.273. The molecule has 0 amide bonds. The molecule has 0 aliphatic heterocycles. The van der Waals surface area contributed by atoms with Crippen molar-refractivity contribution in [2.45, 2.75) is 36.9 Å². The lowest BCUT2D eigenvalue weighted by atomic mass is 9.70. The molecule has 22 heavy (non-hydrogen) atoms. The van der Waals surface area contributed by atoms with Gasteiger partial charge in [0.1, 0.15) is 0 Å². The van der Waals surface area contributed by atoms with E-state index in [9.17, 15) is 10.2 Å². The second-order valence-electron chi connectivity index (χ2n) is 6.08. The van der Waals surface area contributed by atoms with E-state index in [0.717, 1.165) is 18.3 Å². The summed E-state index contributed by atoms with van der Waals surface area (Å²) in [4.78, 5) is 0. The molecule has 0 saturated heterocycles. The molecule has 0 atom stereocenters.